The number of nitrogens with two attached hydrogens (primary N) is 1. The summed E-state index contributed by atoms with van der Waals surface area (Å²) >= 11 is 17.9. The third-order valence-electron chi connectivity index (χ3n) is 3.12. The van der Waals surface area contributed by atoms with E-state index < -0.39 is 0 Å². The molecule has 0 radical (unpaired) electrons. The molecule has 0 aliphatic carbocycles. The number of rotatable bonds is 3. The van der Waals surface area contributed by atoms with Gasteiger partial charge in [0.1, 0.15) is 0 Å². The summed E-state index contributed by atoms with van der Waals surface area (Å²) in [6.07, 6.45) is 3.37. The van der Waals surface area contributed by atoms with Gasteiger partial charge in [-0.3, -0.25) is 0 Å². The molecule has 0 amide bonds. The average Bonchev–Trinajstić information content (AvgIpc) is 2.87. The first-order valence-electron chi connectivity index (χ1n) is 6.63. The lowest BCUT2D eigenvalue weighted by Crippen LogP contribution is -1.96. The fraction of sp³-hybridized carbons (Fsp3) is 0. The number of anilines is 1. The van der Waals surface area contributed by atoms with Crippen molar-refractivity contribution in [2.24, 2.45) is 5.10 Å². The molecule has 0 atom stereocenters. The zero-order chi connectivity index (χ0) is 16.4. The first-order valence-corrected chi connectivity index (χ1v) is 7.76. The van der Waals surface area contributed by atoms with Gasteiger partial charge in [-0.15, -0.1) is 0 Å². The molecular formula is C16H11Cl3N4. The van der Waals surface area contributed by atoms with Gasteiger partial charge in [0.05, 0.1) is 23.1 Å². The highest BCUT2D eigenvalue weighted by atomic mass is 35.5. The van der Waals surface area contributed by atoms with Crippen molar-refractivity contribution in [2.75, 3.05) is 5.73 Å². The van der Waals surface area contributed by atoms with Gasteiger partial charge in [0, 0.05) is 15.6 Å². The van der Waals surface area contributed by atoms with E-state index in [0.717, 1.165) is 11.1 Å². The van der Waals surface area contributed by atoms with Gasteiger partial charge in [-0.25, -0.2) is 9.66 Å². The predicted molar refractivity (Wildman–Crippen MR) is 96.5 cm³/mol. The van der Waals surface area contributed by atoms with Crippen molar-refractivity contribution in [3.05, 3.63) is 69.3 Å². The van der Waals surface area contributed by atoms with Crippen LogP contribution in [0, 0.1) is 0 Å². The van der Waals surface area contributed by atoms with Crippen molar-refractivity contribution < 1.29 is 0 Å². The van der Waals surface area contributed by atoms with E-state index in [1.54, 1.807) is 42.7 Å². The van der Waals surface area contributed by atoms with Gasteiger partial charge in [0.25, 0.3) is 0 Å². The number of hydrogen-bond donors (Lipinski definition) is 1. The minimum Gasteiger partial charge on any atom is -0.368 e. The van der Waals surface area contributed by atoms with E-state index >= 15 is 0 Å². The number of hydrogen-bond acceptors (Lipinski definition) is 3. The summed E-state index contributed by atoms with van der Waals surface area (Å²) in [5.41, 5.74) is 8.15. The summed E-state index contributed by atoms with van der Waals surface area (Å²) in [5.74, 6) is 0.260. The standard InChI is InChI=1S/C16H11Cl3N4/c17-11-3-1-10(2-4-11)8-21-23-9-15(22-16(23)20)13-6-5-12(18)7-14(13)19/h1-9H,(H2,20,22). The summed E-state index contributed by atoms with van der Waals surface area (Å²) in [7, 11) is 0. The fourth-order valence-corrected chi connectivity index (χ4v) is 2.61. The lowest BCUT2D eigenvalue weighted by atomic mass is 10.2. The average molecular weight is 366 g/mol. The Balaban J connectivity index is 1.90. The van der Waals surface area contributed by atoms with E-state index in [0.29, 0.717) is 20.8 Å². The zero-order valence-electron chi connectivity index (χ0n) is 11.7. The molecule has 1 heterocycles. The summed E-state index contributed by atoms with van der Waals surface area (Å²) in [4.78, 5) is 4.28. The number of nitrogen functional groups attached to an aromatic ring is 1. The van der Waals surface area contributed by atoms with Gasteiger partial charge in [-0.05, 0) is 35.9 Å². The molecule has 3 aromatic rings. The molecule has 0 aliphatic heterocycles. The Morgan fingerprint density at radius 2 is 1.70 bits per heavy atom. The molecule has 2 aromatic carbocycles. The first-order chi connectivity index (χ1) is 11.0. The lowest BCUT2D eigenvalue weighted by Gasteiger charge is -2.00. The van der Waals surface area contributed by atoms with E-state index in [1.165, 1.54) is 4.68 Å². The number of imidazole rings is 1. The van der Waals surface area contributed by atoms with Crippen LogP contribution in [0.5, 0.6) is 0 Å². The largest absolute Gasteiger partial charge is 0.368 e. The van der Waals surface area contributed by atoms with Crippen molar-refractivity contribution in [3.63, 3.8) is 0 Å². The summed E-state index contributed by atoms with van der Waals surface area (Å²) in [5, 5.41) is 6.03. The summed E-state index contributed by atoms with van der Waals surface area (Å²) in [6, 6.07) is 12.5. The Labute approximate surface area is 148 Å². The van der Waals surface area contributed by atoms with Gasteiger partial charge in [0.15, 0.2) is 0 Å². The normalized spacial score (nSPS) is 11.3. The van der Waals surface area contributed by atoms with E-state index in [9.17, 15) is 0 Å². The monoisotopic (exact) mass is 364 g/mol. The Hall–Kier alpha value is -2.01. The van der Waals surface area contributed by atoms with Gasteiger partial charge in [-0.1, -0.05) is 46.9 Å². The van der Waals surface area contributed by atoms with E-state index in [2.05, 4.69) is 10.1 Å². The molecule has 4 nitrogen and oxygen atoms in total. The molecule has 23 heavy (non-hydrogen) atoms. The predicted octanol–water partition coefficient (Wildman–Crippen LogP) is 4.97. The molecule has 1 aromatic heterocycles. The highest BCUT2D eigenvalue weighted by Gasteiger charge is 2.10. The van der Waals surface area contributed by atoms with Crippen LogP contribution < -0.4 is 5.73 Å². The molecule has 0 aliphatic rings. The van der Waals surface area contributed by atoms with Gasteiger partial charge < -0.3 is 5.73 Å². The van der Waals surface area contributed by atoms with E-state index in [1.807, 2.05) is 12.1 Å². The van der Waals surface area contributed by atoms with Crippen LogP contribution in [0.4, 0.5) is 5.95 Å². The van der Waals surface area contributed by atoms with Crippen molar-refractivity contribution in [1.82, 2.24) is 9.66 Å². The molecule has 0 bridgehead atoms. The topological polar surface area (TPSA) is 56.2 Å². The van der Waals surface area contributed by atoms with Crippen LogP contribution >= 0.6 is 34.8 Å². The van der Waals surface area contributed by atoms with Crippen LogP contribution in [0.25, 0.3) is 11.3 Å². The van der Waals surface area contributed by atoms with Crippen LogP contribution in [-0.2, 0) is 0 Å². The van der Waals surface area contributed by atoms with Crippen molar-refractivity contribution in [1.29, 1.82) is 0 Å². The number of halogens is 3. The van der Waals surface area contributed by atoms with Crippen LogP contribution in [0.15, 0.2) is 53.8 Å². The summed E-state index contributed by atoms with van der Waals surface area (Å²) < 4.78 is 1.48. The van der Waals surface area contributed by atoms with E-state index in [4.69, 9.17) is 40.5 Å². The van der Waals surface area contributed by atoms with Crippen molar-refractivity contribution >= 4 is 47.0 Å². The van der Waals surface area contributed by atoms with Gasteiger partial charge in [-0.2, -0.15) is 5.10 Å². The molecule has 3 rings (SSSR count). The third-order valence-corrected chi connectivity index (χ3v) is 3.92. The molecular weight excluding hydrogens is 355 g/mol. The quantitative estimate of drug-likeness (QED) is 0.666. The molecule has 0 saturated heterocycles. The fourth-order valence-electron chi connectivity index (χ4n) is 1.98. The summed E-state index contributed by atoms with van der Waals surface area (Å²) in [6.45, 7) is 0. The molecule has 2 N–H and O–H groups in total. The lowest BCUT2D eigenvalue weighted by molar-refractivity contribution is 0.898. The Morgan fingerprint density at radius 1 is 1.00 bits per heavy atom. The third kappa shape index (κ3) is 3.67. The maximum atomic E-state index is 6.19. The van der Waals surface area contributed by atoms with Crippen LogP contribution in [0.1, 0.15) is 5.56 Å². The van der Waals surface area contributed by atoms with Crippen LogP contribution in [0.2, 0.25) is 15.1 Å². The maximum Gasteiger partial charge on any atom is 0.221 e. The Bertz CT molecular complexity index is 870. The minimum absolute atomic E-state index is 0.260. The smallest absolute Gasteiger partial charge is 0.221 e. The molecule has 0 unspecified atom stereocenters. The Morgan fingerprint density at radius 3 is 2.39 bits per heavy atom. The highest BCUT2D eigenvalue weighted by molar-refractivity contribution is 6.36. The van der Waals surface area contributed by atoms with E-state index in [-0.39, 0.29) is 5.95 Å². The van der Waals surface area contributed by atoms with Crippen molar-refractivity contribution in [3.8, 4) is 11.3 Å². The SMILES string of the molecule is Nc1nc(-c2ccc(Cl)cc2Cl)cn1N=Cc1ccc(Cl)cc1. The number of benzene rings is 2. The molecule has 0 saturated carbocycles. The van der Waals surface area contributed by atoms with Crippen LogP contribution in [0.3, 0.4) is 0 Å². The Kier molecular flexibility index (Phi) is 4.57. The number of aromatic nitrogens is 2. The number of nitrogens with zero attached hydrogens (tertiary/aromatic N) is 3. The second kappa shape index (κ2) is 6.62. The highest BCUT2D eigenvalue weighted by Crippen LogP contribution is 2.30. The van der Waals surface area contributed by atoms with Crippen molar-refractivity contribution in [2.45, 2.75) is 0 Å². The second-order valence-electron chi connectivity index (χ2n) is 4.75. The van der Waals surface area contributed by atoms with Gasteiger partial charge >= 0.3 is 0 Å². The molecule has 0 spiro atoms. The molecule has 7 heteroatoms. The minimum atomic E-state index is 0.260. The van der Waals surface area contributed by atoms with Crippen LogP contribution in [-0.4, -0.2) is 15.9 Å². The zero-order valence-corrected chi connectivity index (χ0v) is 14.0. The first kappa shape index (κ1) is 15.9. The molecule has 116 valence electrons. The second-order valence-corrected chi connectivity index (χ2v) is 6.03. The van der Waals surface area contributed by atoms with Gasteiger partial charge in [0.2, 0.25) is 5.95 Å². The maximum absolute atomic E-state index is 6.19. The molecule has 0 fully saturated rings.